The van der Waals surface area contributed by atoms with E-state index in [1.807, 2.05) is 0 Å². The molecule has 132 valence electrons. The Morgan fingerprint density at radius 1 is 1.20 bits per heavy atom. The van der Waals surface area contributed by atoms with Gasteiger partial charge in [-0.15, -0.1) is 0 Å². The zero-order valence-electron chi connectivity index (χ0n) is 12.6. The van der Waals surface area contributed by atoms with E-state index in [-0.39, 0.29) is 16.1 Å². The number of nitro groups is 1. The fourth-order valence-corrected chi connectivity index (χ4v) is 3.34. The maximum atomic E-state index is 12.9. The fourth-order valence-electron chi connectivity index (χ4n) is 2.12. The van der Waals surface area contributed by atoms with Gasteiger partial charge in [0, 0.05) is 24.5 Å². The molecule has 2 aromatic rings. The summed E-state index contributed by atoms with van der Waals surface area (Å²) in [7, 11) is -4.18. The van der Waals surface area contributed by atoms with Crippen LogP contribution in [0.2, 0.25) is 0 Å². The normalized spacial score (nSPS) is 12.5. The maximum absolute atomic E-state index is 12.9. The summed E-state index contributed by atoms with van der Waals surface area (Å²) < 4.78 is 39.8. The van der Waals surface area contributed by atoms with Crippen molar-refractivity contribution >= 4 is 21.7 Å². The molecule has 0 aromatic heterocycles. The summed E-state index contributed by atoms with van der Waals surface area (Å²) in [5.74, 6) is -2.18. The molecular weight excluding hydrogens is 355 g/mol. The second-order valence-corrected chi connectivity index (χ2v) is 6.77. The zero-order valence-corrected chi connectivity index (χ0v) is 13.4. The van der Waals surface area contributed by atoms with E-state index in [0.29, 0.717) is 0 Å². The second-order valence-electron chi connectivity index (χ2n) is 5.06. The van der Waals surface area contributed by atoms with Crippen molar-refractivity contribution in [3.05, 3.63) is 70.0 Å². The Morgan fingerprint density at radius 3 is 2.40 bits per heavy atom. The van der Waals surface area contributed by atoms with Crippen LogP contribution in [0.25, 0.3) is 0 Å². The van der Waals surface area contributed by atoms with Crippen LogP contribution in [0.1, 0.15) is 18.0 Å². The first-order valence-corrected chi connectivity index (χ1v) is 8.39. The number of hydrogen-bond donors (Lipinski definition) is 1. The van der Waals surface area contributed by atoms with Crippen LogP contribution in [0, 0.1) is 15.9 Å². The molecule has 0 spiro atoms. The summed E-state index contributed by atoms with van der Waals surface area (Å²) in [4.78, 5) is 20.8. The van der Waals surface area contributed by atoms with E-state index in [0.717, 1.165) is 30.3 Å². The van der Waals surface area contributed by atoms with Crippen LogP contribution in [0.5, 0.6) is 0 Å². The first kappa shape index (κ1) is 18.5. The Kier molecular flexibility index (Phi) is 5.45. The number of carbonyl (C=O) groups is 1. The quantitative estimate of drug-likeness (QED) is 0.571. The van der Waals surface area contributed by atoms with Crippen molar-refractivity contribution in [2.75, 3.05) is 0 Å². The van der Waals surface area contributed by atoms with Gasteiger partial charge in [-0.1, -0.05) is 12.1 Å². The van der Waals surface area contributed by atoms with Gasteiger partial charge in [0.15, 0.2) is 0 Å². The molecule has 10 heteroatoms. The number of sulfonamides is 1. The van der Waals surface area contributed by atoms with Gasteiger partial charge in [-0.3, -0.25) is 10.1 Å². The lowest BCUT2D eigenvalue weighted by Crippen LogP contribution is -2.34. The Morgan fingerprint density at radius 2 is 1.84 bits per heavy atom. The number of aliphatic carboxylic acids is 1. The van der Waals surface area contributed by atoms with Crippen LogP contribution >= 0.6 is 0 Å². The van der Waals surface area contributed by atoms with E-state index >= 15 is 0 Å². The molecule has 8 nitrogen and oxygen atoms in total. The van der Waals surface area contributed by atoms with Gasteiger partial charge in [0.1, 0.15) is 5.82 Å². The highest BCUT2D eigenvalue weighted by atomic mass is 32.2. The molecule has 25 heavy (non-hydrogen) atoms. The third-order valence-electron chi connectivity index (χ3n) is 3.28. The molecule has 0 heterocycles. The number of nitrogens with one attached hydrogen (secondary N) is 1. The lowest BCUT2D eigenvalue weighted by Gasteiger charge is -2.19. The number of carboxylic acid groups (broad SMARTS) is 1. The van der Waals surface area contributed by atoms with Crippen LogP contribution in [0.4, 0.5) is 10.1 Å². The molecule has 0 amide bonds. The van der Waals surface area contributed by atoms with Gasteiger partial charge in [-0.25, -0.2) is 17.5 Å². The molecule has 1 atom stereocenters. The number of carboxylic acids is 1. The predicted molar refractivity (Wildman–Crippen MR) is 82.2 cm³/mol. The monoisotopic (exact) mass is 367 g/mol. The number of nitrogens with zero attached hydrogens (tertiary/aromatic N) is 1. The van der Waals surface area contributed by atoms with Crippen LogP contribution in [0.3, 0.4) is 0 Å². The van der Waals surface area contributed by atoms with Crippen LogP contribution < -0.4 is 9.83 Å². The van der Waals surface area contributed by atoms with Crippen molar-refractivity contribution in [1.29, 1.82) is 0 Å². The van der Waals surface area contributed by atoms with Gasteiger partial charge in [-0.05, 0) is 29.8 Å². The highest BCUT2D eigenvalue weighted by Crippen LogP contribution is 2.24. The minimum Gasteiger partial charge on any atom is -0.550 e. The van der Waals surface area contributed by atoms with Gasteiger partial charge in [0.25, 0.3) is 5.69 Å². The largest absolute Gasteiger partial charge is 0.550 e. The Bertz CT molecular complexity index is 898. The molecule has 0 bridgehead atoms. The van der Waals surface area contributed by atoms with Crippen LogP contribution in [-0.4, -0.2) is 19.3 Å². The standard InChI is InChI=1S/C15H13FN2O6S/c16-11-4-6-13(7-5-11)25(23,24)17-14(9-15(19)20)10-2-1-3-12(8-10)18(21)22/h1-8,14,17H,9H2,(H,19,20)/p-1/t14-/m0/s1. The SMILES string of the molecule is O=C([O-])C[C@H](NS(=O)(=O)c1ccc(F)cc1)c1cccc([N+](=O)[O-])c1. The third-order valence-corrected chi connectivity index (χ3v) is 4.76. The van der Waals surface area contributed by atoms with Crippen LogP contribution in [-0.2, 0) is 14.8 Å². The van der Waals surface area contributed by atoms with E-state index in [2.05, 4.69) is 4.72 Å². The number of nitro benzene ring substituents is 1. The summed E-state index contributed by atoms with van der Waals surface area (Å²) >= 11 is 0. The molecule has 0 aliphatic rings. The minimum absolute atomic E-state index is 0.0871. The van der Waals surface area contributed by atoms with Gasteiger partial charge in [0.2, 0.25) is 10.0 Å². The number of hydrogen-bond acceptors (Lipinski definition) is 6. The Hall–Kier alpha value is -2.85. The molecule has 0 saturated heterocycles. The van der Waals surface area contributed by atoms with Crippen molar-refractivity contribution in [3.63, 3.8) is 0 Å². The highest BCUT2D eigenvalue weighted by Gasteiger charge is 2.23. The molecule has 0 aliphatic heterocycles. The minimum atomic E-state index is -4.18. The Labute approximate surface area is 142 Å². The van der Waals surface area contributed by atoms with Crippen LogP contribution in [0.15, 0.2) is 53.4 Å². The fraction of sp³-hybridized carbons (Fsp3) is 0.133. The number of carbonyl (C=O) groups excluding carboxylic acids is 1. The van der Waals surface area contributed by atoms with E-state index in [1.165, 1.54) is 18.2 Å². The van der Waals surface area contributed by atoms with E-state index in [1.54, 1.807) is 0 Å². The molecule has 0 saturated carbocycles. The highest BCUT2D eigenvalue weighted by molar-refractivity contribution is 7.89. The van der Waals surface area contributed by atoms with Crippen molar-refractivity contribution in [2.45, 2.75) is 17.4 Å². The summed E-state index contributed by atoms with van der Waals surface area (Å²) in [5, 5.41) is 21.8. The van der Waals surface area contributed by atoms with Crippen molar-refractivity contribution in [1.82, 2.24) is 4.72 Å². The summed E-state index contributed by atoms with van der Waals surface area (Å²) in [6, 6.07) is 7.54. The van der Waals surface area contributed by atoms with Gasteiger partial charge < -0.3 is 9.90 Å². The first-order chi connectivity index (χ1) is 11.7. The van der Waals surface area contributed by atoms with Gasteiger partial charge in [-0.2, -0.15) is 0 Å². The zero-order chi connectivity index (χ0) is 18.6. The number of halogens is 1. The van der Waals surface area contributed by atoms with E-state index < -0.39 is 39.2 Å². The molecular formula is C15H12FN2O6S-. The Balaban J connectivity index is 2.38. The molecule has 0 fully saturated rings. The van der Waals surface area contributed by atoms with Gasteiger partial charge >= 0.3 is 0 Å². The van der Waals surface area contributed by atoms with Crippen molar-refractivity contribution < 1.29 is 27.6 Å². The number of rotatable bonds is 7. The predicted octanol–water partition coefficient (Wildman–Crippen LogP) is 0.893. The molecule has 0 aliphatic carbocycles. The maximum Gasteiger partial charge on any atom is 0.269 e. The molecule has 1 N–H and O–H groups in total. The summed E-state index contributed by atoms with van der Waals surface area (Å²) in [6.07, 6.45) is -0.735. The lowest BCUT2D eigenvalue weighted by atomic mass is 10.0. The van der Waals surface area contributed by atoms with E-state index in [4.69, 9.17) is 0 Å². The molecule has 2 aromatic carbocycles. The number of benzene rings is 2. The van der Waals surface area contributed by atoms with Crippen molar-refractivity contribution in [3.8, 4) is 0 Å². The number of non-ortho nitro benzene ring substituents is 1. The molecule has 0 radical (unpaired) electrons. The van der Waals surface area contributed by atoms with Gasteiger partial charge in [0.05, 0.1) is 15.9 Å². The smallest absolute Gasteiger partial charge is 0.269 e. The average molecular weight is 367 g/mol. The van der Waals surface area contributed by atoms with Crippen molar-refractivity contribution in [2.24, 2.45) is 0 Å². The molecule has 0 unspecified atom stereocenters. The molecule has 2 rings (SSSR count). The first-order valence-electron chi connectivity index (χ1n) is 6.91. The lowest BCUT2D eigenvalue weighted by molar-refractivity contribution is -0.385. The third kappa shape index (κ3) is 4.81. The topological polar surface area (TPSA) is 129 Å². The van der Waals surface area contributed by atoms with E-state index in [9.17, 15) is 32.8 Å². The summed E-state index contributed by atoms with van der Waals surface area (Å²) in [6.45, 7) is 0. The second kappa shape index (κ2) is 7.36. The average Bonchev–Trinajstić information content (AvgIpc) is 2.54. The summed E-state index contributed by atoms with van der Waals surface area (Å²) in [5.41, 5.74) is -0.231.